The Balaban J connectivity index is 1.96. The first kappa shape index (κ1) is 19.0. The van der Waals surface area contributed by atoms with Crippen LogP contribution in [-0.2, 0) is 14.3 Å². The summed E-state index contributed by atoms with van der Waals surface area (Å²) < 4.78 is 15.4. The summed E-state index contributed by atoms with van der Waals surface area (Å²) in [7, 11) is 4.72. The number of hydrogen-bond donors (Lipinski definition) is 2. The highest BCUT2D eigenvalue weighted by Crippen LogP contribution is 2.30. The van der Waals surface area contributed by atoms with Gasteiger partial charge in [-0.05, 0) is 6.42 Å². The molecule has 25 heavy (non-hydrogen) atoms. The fourth-order valence-electron chi connectivity index (χ4n) is 2.64. The standard InChI is InChI=1S/C17H25N3O5/c1-23-7-5-18-11-16(21)19-15-4-6-20(17(15)22)12-8-13(24-2)10-14(9-12)25-3/h8-10,15,18H,4-7,11H2,1-3H3,(H,19,21). The molecule has 0 saturated carbocycles. The number of nitrogens with zero attached hydrogens (tertiary/aromatic N) is 1. The third kappa shape index (κ3) is 5.07. The van der Waals surface area contributed by atoms with Crippen molar-refractivity contribution >= 4 is 17.5 Å². The summed E-state index contributed by atoms with van der Waals surface area (Å²) in [5, 5.41) is 5.72. The first-order chi connectivity index (χ1) is 12.1. The van der Waals surface area contributed by atoms with Gasteiger partial charge in [0, 0.05) is 38.4 Å². The Labute approximate surface area is 147 Å². The molecule has 1 aromatic rings. The van der Waals surface area contributed by atoms with Crippen LogP contribution in [0.15, 0.2) is 18.2 Å². The van der Waals surface area contributed by atoms with Gasteiger partial charge in [-0.1, -0.05) is 0 Å². The molecule has 138 valence electrons. The Morgan fingerprint density at radius 3 is 2.48 bits per heavy atom. The Morgan fingerprint density at radius 1 is 1.20 bits per heavy atom. The highest BCUT2D eigenvalue weighted by atomic mass is 16.5. The highest BCUT2D eigenvalue weighted by Gasteiger charge is 2.33. The summed E-state index contributed by atoms with van der Waals surface area (Å²) in [4.78, 5) is 26.2. The lowest BCUT2D eigenvalue weighted by atomic mass is 10.2. The van der Waals surface area contributed by atoms with Crippen molar-refractivity contribution in [2.45, 2.75) is 12.5 Å². The second-order valence-electron chi connectivity index (χ2n) is 5.64. The normalized spacial score (nSPS) is 16.8. The monoisotopic (exact) mass is 351 g/mol. The summed E-state index contributed by atoms with van der Waals surface area (Å²) in [5.74, 6) is 0.869. The third-order valence-corrected chi connectivity index (χ3v) is 3.96. The summed E-state index contributed by atoms with van der Waals surface area (Å²) in [6, 6.07) is 4.77. The lowest BCUT2D eigenvalue weighted by Gasteiger charge is -2.19. The first-order valence-electron chi connectivity index (χ1n) is 8.12. The zero-order valence-electron chi connectivity index (χ0n) is 14.8. The smallest absolute Gasteiger partial charge is 0.249 e. The molecule has 1 saturated heterocycles. The van der Waals surface area contributed by atoms with Crippen molar-refractivity contribution in [2.24, 2.45) is 0 Å². The van der Waals surface area contributed by atoms with Crippen molar-refractivity contribution in [1.29, 1.82) is 0 Å². The van der Waals surface area contributed by atoms with E-state index in [9.17, 15) is 9.59 Å². The minimum Gasteiger partial charge on any atom is -0.497 e. The van der Waals surface area contributed by atoms with Gasteiger partial charge < -0.3 is 29.7 Å². The molecule has 1 aromatic carbocycles. The van der Waals surface area contributed by atoms with Gasteiger partial charge in [-0.15, -0.1) is 0 Å². The van der Waals surface area contributed by atoms with Crippen LogP contribution < -0.4 is 25.0 Å². The predicted molar refractivity (Wildman–Crippen MR) is 93.2 cm³/mol. The zero-order chi connectivity index (χ0) is 18.2. The largest absolute Gasteiger partial charge is 0.497 e. The Bertz CT molecular complexity index is 586. The number of rotatable bonds is 9. The summed E-state index contributed by atoms with van der Waals surface area (Å²) in [6.45, 7) is 1.79. The molecule has 0 spiro atoms. The van der Waals surface area contributed by atoms with Gasteiger partial charge in [-0.2, -0.15) is 0 Å². The number of amides is 2. The molecule has 0 aliphatic carbocycles. The SMILES string of the molecule is COCCNCC(=O)NC1CCN(c2cc(OC)cc(OC)c2)C1=O. The number of ether oxygens (including phenoxy) is 3. The van der Waals surface area contributed by atoms with Crippen molar-refractivity contribution in [3.63, 3.8) is 0 Å². The molecule has 1 atom stereocenters. The highest BCUT2D eigenvalue weighted by molar-refractivity contribution is 6.01. The van der Waals surface area contributed by atoms with E-state index in [1.165, 1.54) is 0 Å². The molecule has 1 aliphatic heterocycles. The van der Waals surface area contributed by atoms with Crippen LogP contribution in [0.25, 0.3) is 0 Å². The lowest BCUT2D eigenvalue weighted by Crippen LogP contribution is -2.45. The van der Waals surface area contributed by atoms with Crippen molar-refractivity contribution < 1.29 is 23.8 Å². The van der Waals surface area contributed by atoms with E-state index >= 15 is 0 Å². The number of nitrogens with one attached hydrogen (secondary N) is 2. The molecule has 2 amide bonds. The minimum atomic E-state index is -0.520. The maximum Gasteiger partial charge on any atom is 0.249 e. The van der Waals surface area contributed by atoms with Gasteiger partial charge in [0.2, 0.25) is 11.8 Å². The van der Waals surface area contributed by atoms with E-state index in [2.05, 4.69) is 10.6 Å². The topological polar surface area (TPSA) is 89.1 Å². The molecule has 2 rings (SSSR count). The number of carbonyl (C=O) groups excluding carboxylic acids is 2. The van der Waals surface area contributed by atoms with Crippen molar-refractivity contribution in [3.05, 3.63) is 18.2 Å². The van der Waals surface area contributed by atoms with Gasteiger partial charge >= 0.3 is 0 Å². The fraction of sp³-hybridized carbons (Fsp3) is 0.529. The van der Waals surface area contributed by atoms with Crippen molar-refractivity contribution in [1.82, 2.24) is 10.6 Å². The number of hydrogen-bond acceptors (Lipinski definition) is 6. The summed E-state index contributed by atoms with van der Waals surface area (Å²) in [5.41, 5.74) is 0.691. The molecule has 8 nitrogen and oxygen atoms in total. The second kappa shape index (κ2) is 9.24. The number of carbonyl (C=O) groups is 2. The average Bonchev–Trinajstić information content (AvgIpc) is 2.98. The zero-order valence-corrected chi connectivity index (χ0v) is 14.8. The lowest BCUT2D eigenvalue weighted by molar-refractivity contribution is -0.125. The molecule has 1 heterocycles. The molecule has 0 aromatic heterocycles. The maximum absolute atomic E-state index is 12.6. The molecular formula is C17H25N3O5. The predicted octanol–water partition coefficient (Wildman–Crippen LogP) is 0.161. The van der Waals surface area contributed by atoms with Crippen LogP contribution in [0.1, 0.15) is 6.42 Å². The van der Waals surface area contributed by atoms with E-state index in [0.29, 0.717) is 43.3 Å². The Kier molecular flexibility index (Phi) is 7.03. The van der Waals surface area contributed by atoms with Crippen LogP contribution in [0.4, 0.5) is 5.69 Å². The molecule has 1 unspecified atom stereocenters. The van der Waals surface area contributed by atoms with Gasteiger partial charge in [0.25, 0.3) is 0 Å². The summed E-state index contributed by atoms with van der Waals surface area (Å²) in [6.07, 6.45) is 0.558. The number of benzene rings is 1. The van der Waals surface area contributed by atoms with E-state index in [4.69, 9.17) is 14.2 Å². The van der Waals surface area contributed by atoms with Crippen molar-refractivity contribution in [3.8, 4) is 11.5 Å². The number of anilines is 1. The first-order valence-corrected chi connectivity index (χ1v) is 8.12. The molecular weight excluding hydrogens is 326 g/mol. The van der Waals surface area contributed by atoms with Crippen LogP contribution in [0.2, 0.25) is 0 Å². The van der Waals surface area contributed by atoms with Crippen LogP contribution in [0, 0.1) is 0 Å². The quantitative estimate of drug-likeness (QED) is 0.616. The van der Waals surface area contributed by atoms with Gasteiger partial charge in [-0.25, -0.2) is 0 Å². The second-order valence-corrected chi connectivity index (χ2v) is 5.64. The van der Waals surface area contributed by atoms with E-state index in [-0.39, 0.29) is 18.4 Å². The fourth-order valence-corrected chi connectivity index (χ4v) is 2.64. The van der Waals surface area contributed by atoms with E-state index in [1.807, 2.05) is 0 Å². The van der Waals surface area contributed by atoms with Crippen LogP contribution in [0.5, 0.6) is 11.5 Å². The molecule has 0 radical (unpaired) electrons. The average molecular weight is 351 g/mol. The van der Waals surface area contributed by atoms with Gasteiger partial charge in [-0.3, -0.25) is 9.59 Å². The Morgan fingerprint density at radius 2 is 1.88 bits per heavy atom. The van der Waals surface area contributed by atoms with E-state index in [1.54, 1.807) is 44.4 Å². The van der Waals surface area contributed by atoms with Gasteiger partial charge in [0.15, 0.2) is 0 Å². The molecule has 8 heteroatoms. The maximum atomic E-state index is 12.6. The van der Waals surface area contributed by atoms with Crippen LogP contribution in [-0.4, -0.2) is 65.4 Å². The number of methoxy groups -OCH3 is 3. The van der Waals surface area contributed by atoms with Gasteiger partial charge in [0.05, 0.1) is 33.1 Å². The van der Waals surface area contributed by atoms with Crippen LogP contribution >= 0.6 is 0 Å². The van der Waals surface area contributed by atoms with Crippen LogP contribution in [0.3, 0.4) is 0 Å². The molecule has 0 bridgehead atoms. The van der Waals surface area contributed by atoms with E-state index < -0.39 is 6.04 Å². The molecule has 2 N–H and O–H groups in total. The van der Waals surface area contributed by atoms with E-state index in [0.717, 1.165) is 0 Å². The minimum absolute atomic E-state index is 0.138. The molecule has 1 aliphatic rings. The Hall–Kier alpha value is -2.32. The third-order valence-electron chi connectivity index (χ3n) is 3.96. The van der Waals surface area contributed by atoms with Gasteiger partial charge in [0.1, 0.15) is 17.5 Å². The summed E-state index contributed by atoms with van der Waals surface area (Å²) >= 11 is 0. The molecule has 1 fully saturated rings. The van der Waals surface area contributed by atoms with Crippen molar-refractivity contribution in [2.75, 3.05) is 52.5 Å².